The second kappa shape index (κ2) is 8.67. The number of nitrogens with one attached hydrogen (secondary N) is 1. The molecule has 1 aromatic rings. The van der Waals surface area contributed by atoms with Gasteiger partial charge in [0.2, 0.25) is 11.8 Å². The van der Waals surface area contributed by atoms with Crippen molar-refractivity contribution in [1.29, 1.82) is 0 Å². The summed E-state index contributed by atoms with van der Waals surface area (Å²) in [5.74, 6) is 0.210. The van der Waals surface area contributed by atoms with Crippen LogP contribution in [0, 0.1) is 5.41 Å². The van der Waals surface area contributed by atoms with Crippen molar-refractivity contribution in [3.63, 3.8) is 0 Å². The number of amides is 2. The molecule has 5 nitrogen and oxygen atoms in total. The fourth-order valence-electron chi connectivity index (χ4n) is 3.37. The van der Waals surface area contributed by atoms with Gasteiger partial charge in [-0.2, -0.15) is 0 Å². The summed E-state index contributed by atoms with van der Waals surface area (Å²) in [6.07, 6.45) is 1.80. The van der Waals surface area contributed by atoms with Gasteiger partial charge in [0, 0.05) is 37.3 Å². The Kier molecular flexibility index (Phi) is 6.81. The molecule has 0 radical (unpaired) electrons. The molecule has 0 bridgehead atoms. The van der Waals surface area contributed by atoms with Gasteiger partial charge in [0.1, 0.15) is 0 Å². The highest BCUT2D eigenvalue weighted by Gasteiger charge is 2.30. The van der Waals surface area contributed by atoms with Gasteiger partial charge >= 0.3 is 0 Å². The van der Waals surface area contributed by atoms with Gasteiger partial charge in [0.15, 0.2) is 0 Å². The third-order valence-electron chi connectivity index (χ3n) is 4.93. The lowest BCUT2D eigenvalue weighted by Crippen LogP contribution is -2.52. The van der Waals surface area contributed by atoms with E-state index < -0.39 is 0 Å². The van der Waals surface area contributed by atoms with Crippen molar-refractivity contribution < 1.29 is 9.59 Å². The number of hydrogen-bond donors (Lipinski definition) is 1. The molecular formula is C21H33N3O2. The van der Waals surface area contributed by atoms with E-state index in [0.717, 1.165) is 31.6 Å². The number of hydrogen-bond acceptors (Lipinski definition) is 3. The van der Waals surface area contributed by atoms with Gasteiger partial charge < -0.3 is 10.2 Å². The van der Waals surface area contributed by atoms with Crippen LogP contribution in [0.15, 0.2) is 18.2 Å². The number of carbonyl (C=O) groups excluding carboxylic acids is 2. The summed E-state index contributed by atoms with van der Waals surface area (Å²) in [6.45, 7) is 13.3. The van der Waals surface area contributed by atoms with E-state index in [-0.39, 0.29) is 17.2 Å². The second-order valence-corrected chi connectivity index (χ2v) is 8.02. The summed E-state index contributed by atoms with van der Waals surface area (Å²) in [5, 5.41) is 3.13. The largest absolute Gasteiger partial charge is 0.340 e. The van der Waals surface area contributed by atoms with Crippen LogP contribution < -0.4 is 5.32 Å². The van der Waals surface area contributed by atoms with Gasteiger partial charge in [0.05, 0.1) is 6.54 Å². The topological polar surface area (TPSA) is 52.7 Å². The van der Waals surface area contributed by atoms with Crippen LogP contribution in [-0.2, 0) is 22.4 Å². The molecule has 1 saturated heterocycles. The van der Waals surface area contributed by atoms with Crippen molar-refractivity contribution in [2.45, 2.75) is 47.5 Å². The van der Waals surface area contributed by atoms with Gasteiger partial charge in [0.25, 0.3) is 0 Å². The number of carbonyl (C=O) groups is 2. The zero-order valence-corrected chi connectivity index (χ0v) is 16.9. The van der Waals surface area contributed by atoms with Gasteiger partial charge in [-0.1, -0.05) is 52.8 Å². The van der Waals surface area contributed by atoms with Crippen LogP contribution in [0.3, 0.4) is 0 Å². The fraction of sp³-hybridized carbons (Fsp3) is 0.619. The Morgan fingerprint density at radius 2 is 1.54 bits per heavy atom. The minimum absolute atomic E-state index is 0.0243. The standard InChI is InChI=1S/C21H33N3O2/c1-6-16-9-8-10-17(7-2)19(16)22-18(25)15-23-11-13-24(14-12-23)20(26)21(3,4)5/h8-10H,6-7,11-15H2,1-5H3,(H,22,25). The third kappa shape index (κ3) is 5.07. The average molecular weight is 360 g/mol. The molecule has 0 atom stereocenters. The number of aryl methyl sites for hydroxylation is 2. The molecule has 1 aromatic carbocycles. The summed E-state index contributed by atoms with van der Waals surface area (Å²) in [7, 11) is 0. The van der Waals surface area contributed by atoms with Crippen LogP contribution in [0.25, 0.3) is 0 Å². The van der Waals surface area contributed by atoms with E-state index in [1.54, 1.807) is 0 Å². The lowest BCUT2D eigenvalue weighted by Gasteiger charge is -2.37. The average Bonchev–Trinajstić information content (AvgIpc) is 2.61. The number of piperazine rings is 1. The molecule has 0 aromatic heterocycles. The van der Waals surface area contributed by atoms with Crippen LogP contribution in [0.2, 0.25) is 0 Å². The zero-order chi connectivity index (χ0) is 19.3. The minimum atomic E-state index is -0.347. The van der Waals surface area contributed by atoms with Crippen molar-refractivity contribution in [2.75, 3.05) is 38.0 Å². The molecule has 144 valence electrons. The summed E-state index contributed by atoms with van der Waals surface area (Å²) in [5.41, 5.74) is 2.99. The summed E-state index contributed by atoms with van der Waals surface area (Å²) >= 11 is 0. The molecule has 0 spiro atoms. The first-order valence-electron chi connectivity index (χ1n) is 9.68. The highest BCUT2D eigenvalue weighted by molar-refractivity contribution is 5.94. The molecule has 2 amide bonds. The molecule has 2 rings (SSSR count). The number of para-hydroxylation sites is 1. The molecule has 0 unspecified atom stereocenters. The van der Waals surface area contributed by atoms with E-state index in [1.807, 2.05) is 25.7 Å². The monoisotopic (exact) mass is 359 g/mol. The van der Waals surface area contributed by atoms with Gasteiger partial charge in [-0.25, -0.2) is 0 Å². The zero-order valence-electron chi connectivity index (χ0n) is 16.9. The molecule has 1 aliphatic rings. The third-order valence-corrected chi connectivity index (χ3v) is 4.93. The molecule has 26 heavy (non-hydrogen) atoms. The quantitative estimate of drug-likeness (QED) is 0.879. The second-order valence-electron chi connectivity index (χ2n) is 8.02. The Bertz CT molecular complexity index is 619. The summed E-state index contributed by atoms with van der Waals surface area (Å²) in [6, 6.07) is 6.20. The SMILES string of the molecule is CCc1cccc(CC)c1NC(=O)CN1CCN(C(=O)C(C)(C)C)CC1. The van der Waals surface area contributed by atoms with Crippen LogP contribution in [0.5, 0.6) is 0 Å². The number of anilines is 1. The first-order chi connectivity index (χ1) is 12.3. The van der Waals surface area contributed by atoms with Crippen LogP contribution in [0.1, 0.15) is 45.7 Å². The molecule has 1 N–H and O–H groups in total. The minimum Gasteiger partial charge on any atom is -0.340 e. The van der Waals surface area contributed by atoms with Crippen molar-refractivity contribution in [2.24, 2.45) is 5.41 Å². The van der Waals surface area contributed by atoms with E-state index in [1.165, 1.54) is 11.1 Å². The van der Waals surface area contributed by atoms with E-state index in [2.05, 4.69) is 42.3 Å². The molecule has 0 aliphatic carbocycles. The highest BCUT2D eigenvalue weighted by Crippen LogP contribution is 2.23. The smallest absolute Gasteiger partial charge is 0.238 e. The van der Waals surface area contributed by atoms with Crippen molar-refractivity contribution in [3.8, 4) is 0 Å². The van der Waals surface area contributed by atoms with Crippen molar-refractivity contribution in [3.05, 3.63) is 29.3 Å². The van der Waals surface area contributed by atoms with Crippen LogP contribution in [0.4, 0.5) is 5.69 Å². The van der Waals surface area contributed by atoms with E-state index in [4.69, 9.17) is 0 Å². The highest BCUT2D eigenvalue weighted by atomic mass is 16.2. The Hall–Kier alpha value is -1.88. The Morgan fingerprint density at radius 3 is 2.00 bits per heavy atom. The van der Waals surface area contributed by atoms with Crippen LogP contribution >= 0.6 is 0 Å². The lowest BCUT2D eigenvalue weighted by molar-refractivity contribution is -0.141. The number of rotatable bonds is 5. The van der Waals surface area contributed by atoms with E-state index in [0.29, 0.717) is 19.6 Å². The normalized spacial score (nSPS) is 15.8. The first-order valence-corrected chi connectivity index (χ1v) is 9.68. The van der Waals surface area contributed by atoms with Gasteiger partial charge in [-0.15, -0.1) is 0 Å². The van der Waals surface area contributed by atoms with E-state index in [9.17, 15) is 9.59 Å². The Morgan fingerprint density at radius 1 is 1.00 bits per heavy atom. The summed E-state index contributed by atoms with van der Waals surface area (Å²) < 4.78 is 0. The molecule has 5 heteroatoms. The molecular weight excluding hydrogens is 326 g/mol. The predicted molar refractivity (Wildman–Crippen MR) is 106 cm³/mol. The Labute approximate surface area is 157 Å². The summed E-state index contributed by atoms with van der Waals surface area (Å²) in [4.78, 5) is 29.0. The predicted octanol–water partition coefficient (Wildman–Crippen LogP) is 2.94. The number of nitrogens with zero attached hydrogens (tertiary/aromatic N) is 2. The maximum atomic E-state index is 12.6. The fourth-order valence-corrected chi connectivity index (χ4v) is 3.37. The number of benzene rings is 1. The van der Waals surface area contributed by atoms with E-state index >= 15 is 0 Å². The maximum absolute atomic E-state index is 12.6. The molecule has 1 aliphatic heterocycles. The lowest BCUT2D eigenvalue weighted by atomic mass is 9.94. The van der Waals surface area contributed by atoms with Gasteiger partial charge in [-0.3, -0.25) is 14.5 Å². The van der Waals surface area contributed by atoms with Crippen molar-refractivity contribution >= 4 is 17.5 Å². The molecule has 1 heterocycles. The van der Waals surface area contributed by atoms with Crippen LogP contribution in [-0.4, -0.2) is 54.3 Å². The first kappa shape index (κ1) is 20.4. The maximum Gasteiger partial charge on any atom is 0.238 e. The van der Waals surface area contributed by atoms with Gasteiger partial charge in [-0.05, 0) is 24.0 Å². The molecule has 0 saturated carbocycles. The molecule has 1 fully saturated rings. The Balaban J connectivity index is 1.92. The van der Waals surface area contributed by atoms with Crippen molar-refractivity contribution in [1.82, 2.24) is 9.80 Å².